The largest absolute Gasteiger partial charge is 0.0622 e. The molecule has 1 heteroatoms. The summed E-state index contributed by atoms with van der Waals surface area (Å²) >= 11 is 0. The number of hydrogen-bond acceptors (Lipinski definition) is 0. The molecule has 5 aromatic carbocycles. The van der Waals surface area contributed by atoms with Crippen molar-refractivity contribution in [1.29, 1.82) is 0 Å². The van der Waals surface area contributed by atoms with E-state index in [0.717, 1.165) is 12.8 Å². The summed E-state index contributed by atoms with van der Waals surface area (Å²) in [6.45, 7) is 0. The molecule has 0 heterocycles. The molecule has 0 saturated carbocycles. The van der Waals surface area contributed by atoms with Gasteiger partial charge in [0.25, 0.3) is 0 Å². The summed E-state index contributed by atoms with van der Waals surface area (Å²) < 4.78 is 0. The van der Waals surface area contributed by atoms with Crippen LogP contribution >= 0.6 is 7.92 Å². The van der Waals surface area contributed by atoms with Crippen molar-refractivity contribution in [2.75, 3.05) is 0 Å². The van der Waals surface area contributed by atoms with Crippen LogP contribution in [0.2, 0.25) is 0 Å². The lowest BCUT2D eigenvalue weighted by atomic mass is 9.95. The lowest BCUT2D eigenvalue weighted by molar-refractivity contribution is 1.10. The molecule has 0 aliphatic carbocycles. The topological polar surface area (TPSA) is 0 Å². The minimum atomic E-state index is -0.654. The molecule has 0 amide bonds. The third kappa shape index (κ3) is 5.14. The lowest BCUT2D eigenvalue weighted by Gasteiger charge is -2.24. The summed E-state index contributed by atoms with van der Waals surface area (Å²) in [6, 6.07) is 50.7. The SMILES string of the molecule is c1ccc(Cc2cccc(P(c3ccccc3)c3ccccc3)c2Cc2ccccc2)cc1. The number of benzene rings is 5. The van der Waals surface area contributed by atoms with Crippen molar-refractivity contribution < 1.29 is 0 Å². The standard InChI is InChI=1S/C32H27P/c1-5-14-26(15-6-1)24-28-18-13-23-32(31(28)25-27-16-7-2-8-17-27)33(29-19-9-3-10-20-29)30-21-11-4-12-22-30/h1-23H,24-25H2. The van der Waals surface area contributed by atoms with Gasteiger partial charge in [-0.15, -0.1) is 0 Å². The van der Waals surface area contributed by atoms with E-state index >= 15 is 0 Å². The second-order valence-corrected chi connectivity index (χ2v) is 10.4. The summed E-state index contributed by atoms with van der Waals surface area (Å²) in [5.74, 6) is 0. The molecule has 0 aliphatic rings. The summed E-state index contributed by atoms with van der Waals surface area (Å²) in [4.78, 5) is 0. The Morgan fingerprint density at radius 2 is 0.848 bits per heavy atom. The van der Waals surface area contributed by atoms with Gasteiger partial charge in [0.15, 0.2) is 0 Å². The predicted molar refractivity (Wildman–Crippen MR) is 144 cm³/mol. The highest BCUT2D eigenvalue weighted by molar-refractivity contribution is 7.79. The predicted octanol–water partition coefficient (Wildman–Crippen LogP) is 6.63. The molecule has 33 heavy (non-hydrogen) atoms. The molecule has 0 aromatic heterocycles. The van der Waals surface area contributed by atoms with Crippen LogP contribution in [0, 0.1) is 0 Å². The van der Waals surface area contributed by atoms with Gasteiger partial charge in [-0.1, -0.05) is 140 Å². The Bertz CT molecular complexity index is 1240. The Labute approximate surface area is 198 Å². The van der Waals surface area contributed by atoms with Crippen LogP contribution < -0.4 is 15.9 Å². The summed E-state index contributed by atoms with van der Waals surface area (Å²) in [6.07, 6.45) is 1.89. The summed E-state index contributed by atoms with van der Waals surface area (Å²) in [7, 11) is -0.654. The van der Waals surface area contributed by atoms with Crippen molar-refractivity contribution in [1.82, 2.24) is 0 Å². The van der Waals surface area contributed by atoms with E-state index in [1.165, 1.54) is 38.2 Å². The smallest absolute Gasteiger partial charge is 0.00164 e. The van der Waals surface area contributed by atoms with Crippen LogP contribution in [-0.4, -0.2) is 0 Å². The van der Waals surface area contributed by atoms with Gasteiger partial charge in [-0.05, 0) is 58.9 Å². The lowest BCUT2D eigenvalue weighted by Crippen LogP contribution is -2.24. The highest BCUT2D eigenvalue weighted by Gasteiger charge is 2.21. The van der Waals surface area contributed by atoms with Gasteiger partial charge in [-0.2, -0.15) is 0 Å². The van der Waals surface area contributed by atoms with Gasteiger partial charge in [-0.25, -0.2) is 0 Å². The van der Waals surface area contributed by atoms with Crippen LogP contribution in [0.4, 0.5) is 0 Å². The number of rotatable bonds is 7. The Hall–Kier alpha value is -3.47. The molecule has 0 spiro atoms. The summed E-state index contributed by atoms with van der Waals surface area (Å²) in [5.41, 5.74) is 5.59. The van der Waals surface area contributed by atoms with Crippen molar-refractivity contribution >= 4 is 23.8 Å². The molecule has 0 atom stereocenters. The van der Waals surface area contributed by atoms with E-state index < -0.39 is 7.92 Å². The van der Waals surface area contributed by atoms with Gasteiger partial charge in [0, 0.05) is 0 Å². The molecule has 0 saturated heterocycles. The Morgan fingerprint density at radius 3 is 1.36 bits per heavy atom. The zero-order chi connectivity index (χ0) is 22.3. The molecule has 0 N–H and O–H groups in total. The van der Waals surface area contributed by atoms with Crippen LogP contribution in [0.5, 0.6) is 0 Å². The highest BCUT2D eigenvalue weighted by atomic mass is 31.1. The van der Waals surface area contributed by atoms with Crippen molar-refractivity contribution in [2.45, 2.75) is 12.8 Å². The maximum absolute atomic E-state index is 2.36. The molecule has 0 unspecified atom stereocenters. The first-order valence-corrected chi connectivity index (χ1v) is 12.8. The molecule has 0 nitrogen and oxygen atoms in total. The fraction of sp³-hybridized carbons (Fsp3) is 0.0625. The monoisotopic (exact) mass is 442 g/mol. The first kappa shape index (κ1) is 21.4. The Balaban J connectivity index is 1.68. The van der Waals surface area contributed by atoms with Crippen molar-refractivity contribution in [2.24, 2.45) is 0 Å². The first-order valence-electron chi connectivity index (χ1n) is 11.5. The van der Waals surface area contributed by atoms with Crippen LogP contribution in [0.3, 0.4) is 0 Å². The van der Waals surface area contributed by atoms with Gasteiger partial charge in [-0.3, -0.25) is 0 Å². The number of hydrogen-bond donors (Lipinski definition) is 0. The average molecular weight is 443 g/mol. The second-order valence-electron chi connectivity index (χ2n) is 8.25. The first-order chi connectivity index (χ1) is 16.4. The van der Waals surface area contributed by atoms with E-state index in [-0.39, 0.29) is 0 Å². The van der Waals surface area contributed by atoms with Gasteiger partial charge in [0.2, 0.25) is 0 Å². The zero-order valence-electron chi connectivity index (χ0n) is 18.6. The maximum atomic E-state index is 2.36. The van der Waals surface area contributed by atoms with Gasteiger partial charge >= 0.3 is 0 Å². The molecule has 5 rings (SSSR count). The van der Waals surface area contributed by atoms with Crippen molar-refractivity contribution in [3.8, 4) is 0 Å². The quantitative estimate of drug-likeness (QED) is 0.248. The highest BCUT2D eigenvalue weighted by Crippen LogP contribution is 2.36. The van der Waals surface area contributed by atoms with Gasteiger partial charge in [0.05, 0.1) is 0 Å². The fourth-order valence-electron chi connectivity index (χ4n) is 4.40. The van der Waals surface area contributed by atoms with E-state index in [1.54, 1.807) is 0 Å². The van der Waals surface area contributed by atoms with Crippen LogP contribution in [0.1, 0.15) is 22.3 Å². The molecule has 5 aromatic rings. The van der Waals surface area contributed by atoms with Crippen LogP contribution in [0.15, 0.2) is 140 Å². The Morgan fingerprint density at radius 1 is 0.394 bits per heavy atom. The van der Waals surface area contributed by atoms with E-state index in [9.17, 15) is 0 Å². The van der Waals surface area contributed by atoms with Crippen molar-refractivity contribution in [3.63, 3.8) is 0 Å². The maximum Gasteiger partial charge on any atom is -0.00164 e. The van der Waals surface area contributed by atoms with Gasteiger partial charge in [0.1, 0.15) is 0 Å². The molecular weight excluding hydrogens is 415 g/mol. The second kappa shape index (κ2) is 10.4. The van der Waals surface area contributed by atoms with E-state index in [0.29, 0.717) is 0 Å². The third-order valence-electron chi connectivity index (χ3n) is 5.98. The molecule has 0 bridgehead atoms. The molecule has 0 aliphatic heterocycles. The van der Waals surface area contributed by atoms with Crippen molar-refractivity contribution in [3.05, 3.63) is 162 Å². The molecule has 0 fully saturated rings. The van der Waals surface area contributed by atoms with E-state index in [2.05, 4.69) is 140 Å². The normalized spacial score (nSPS) is 10.9. The molecule has 0 radical (unpaired) electrons. The summed E-state index contributed by atoms with van der Waals surface area (Å²) in [5, 5.41) is 4.24. The molecular formula is C32H27P. The minimum Gasteiger partial charge on any atom is -0.0622 e. The zero-order valence-corrected chi connectivity index (χ0v) is 19.5. The molecule has 160 valence electrons. The Kier molecular flexibility index (Phi) is 6.76. The van der Waals surface area contributed by atoms with Crippen LogP contribution in [0.25, 0.3) is 0 Å². The average Bonchev–Trinajstić information content (AvgIpc) is 2.88. The minimum absolute atomic E-state index is 0.654. The fourth-order valence-corrected chi connectivity index (χ4v) is 6.92. The van der Waals surface area contributed by atoms with Gasteiger partial charge < -0.3 is 0 Å². The third-order valence-corrected chi connectivity index (χ3v) is 8.51. The van der Waals surface area contributed by atoms with E-state index in [1.807, 2.05) is 0 Å². The van der Waals surface area contributed by atoms with E-state index in [4.69, 9.17) is 0 Å². The van der Waals surface area contributed by atoms with Crippen LogP contribution in [-0.2, 0) is 12.8 Å².